The van der Waals surface area contributed by atoms with Gasteiger partial charge >= 0.3 is 0 Å². The highest BCUT2D eigenvalue weighted by Gasteiger charge is 2.24. The van der Waals surface area contributed by atoms with Crippen LogP contribution >= 0.6 is 0 Å². The Kier molecular flexibility index (Phi) is 4.88. The third-order valence-corrected chi connectivity index (χ3v) is 6.90. The fraction of sp³-hybridized carbons (Fsp3) is 0.367. The SMILES string of the molecule is [2H]c1c(C)[n+](C)c(-c2cc(C(C)(C)C)cc(C)c2C)c2ccc3ccc(C(C)C)cc3c12. The summed E-state index contributed by atoms with van der Waals surface area (Å²) < 4.78 is 11.3. The maximum absolute atomic E-state index is 9.06. The third kappa shape index (κ3) is 3.65. The summed E-state index contributed by atoms with van der Waals surface area (Å²) in [5, 5.41) is 4.61. The molecule has 4 aromatic rings. The summed E-state index contributed by atoms with van der Waals surface area (Å²) in [6.07, 6.45) is 0. The zero-order valence-electron chi connectivity index (χ0n) is 21.6. The number of benzene rings is 3. The standard InChI is InChI=1S/C30H36N/c1-18(2)23-11-10-22-12-13-25-28(27(22)16-23)15-20(4)31(9)29(25)26-17-24(30(6,7)8)14-19(3)21(26)5/h10-18H,1-9H3/q+1/i15D. The molecule has 1 aromatic heterocycles. The minimum atomic E-state index is 0.0743. The van der Waals surface area contributed by atoms with Crippen molar-refractivity contribution in [3.63, 3.8) is 0 Å². The fourth-order valence-corrected chi connectivity index (χ4v) is 4.51. The molecule has 160 valence electrons. The van der Waals surface area contributed by atoms with Crippen molar-refractivity contribution in [1.82, 2.24) is 0 Å². The summed E-state index contributed by atoms with van der Waals surface area (Å²) >= 11 is 0. The maximum atomic E-state index is 9.06. The van der Waals surface area contributed by atoms with Gasteiger partial charge in [-0.1, -0.05) is 65.0 Å². The molecule has 0 spiro atoms. The van der Waals surface area contributed by atoms with Gasteiger partial charge in [0.25, 0.3) is 0 Å². The van der Waals surface area contributed by atoms with Gasteiger partial charge in [-0.05, 0) is 70.3 Å². The minimum absolute atomic E-state index is 0.0743. The first-order valence-corrected chi connectivity index (χ1v) is 11.4. The van der Waals surface area contributed by atoms with Crippen LogP contribution < -0.4 is 4.57 Å². The summed E-state index contributed by atoms with van der Waals surface area (Å²) in [5.41, 5.74) is 8.83. The number of aryl methyl sites for hydroxylation is 1. The average Bonchev–Trinajstić information content (AvgIpc) is 2.73. The van der Waals surface area contributed by atoms with Crippen molar-refractivity contribution in [2.45, 2.75) is 66.7 Å². The van der Waals surface area contributed by atoms with E-state index in [0.717, 1.165) is 16.5 Å². The lowest BCUT2D eigenvalue weighted by Crippen LogP contribution is -2.35. The molecule has 0 fully saturated rings. The maximum Gasteiger partial charge on any atom is 0.220 e. The van der Waals surface area contributed by atoms with Crippen LogP contribution in [-0.2, 0) is 12.5 Å². The van der Waals surface area contributed by atoms with Gasteiger partial charge in [-0.25, -0.2) is 0 Å². The third-order valence-electron chi connectivity index (χ3n) is 6.90. The first-order chi connectivity index (χ1) is 14.9. The number of aromatic nitrogens is 1. The largest absolute Gasteiger partial charge is 0.220 e. The molecule has 1 nitrogen and oxygen atoms in total. The lowest BCUT2D eigenvalue weighted by atomic mass is 9.82. The second kappa shape index (κ2) is 7.48. The molecule has 0 amide bonds. The minimum Gasteiger partial charge on any atom is -0.198 e. The second-order valence-corrected chi connectivity index (χ2v) is 10.5. The number of nitrogens with zero attached hydrogens (tertiary/aromatic N) is 1. The van der Waals surface area contributed by atoms with E-state index in [0.29, 0.717) is 12.0 Å². The van der Waals surface area contributed by atoms with Gasteiger partial charge in [0, 0.05) is 18.4 Å². The molecule has 0 bridgehead atoms. The molecule has 0 aliphatic heterocycles. The lowest BCUT2D eigenvalue weighted by Gasteiger charge is -2.22. The van der Waals surface area contributed by atoms with Gasteiger partial charge in [-0.3, -0.25) is 0 Å². The first kappa shape index (κ1) is 20.2. The highest BCUT2D eigenvalue weighted by atomic mass is 14.9. The highest BCUT2D eigenvalue weighted by molar-refractivity contribution is 6.11. The molecule has 0 saturated carbocycles. The molecule has 3 aromatic carbocycles. The van der Waals surface area contributed by atoms with E-state index in [1.807, 2.05) is 0 Å². The summed E-state index contributed by atoms with van der Waals surface area (Å²) in [6.45, 7) is 17.8. The van der Waals surface area contributed by atoms with E-state index in [-0.39, 0.29) is 5.41 Å². The van der Waals surface area contributed by atoms with Gasteiger partial charge in [-0.2, -0.15) is 4.57 Å². The van der Waals surface area contributed by atoms with E-state index in [1.54, 1.807) is 0 Å². The Morgan fingerprint density at radius 2 is 1.55 bits per heavy atom. The van der Waals surface area contributed by atoms with E-state index in [9.17, 15) is 0 Å². The van der Waals surface area contributed by atoms with Crippen LogP contribution in [0.5, 0.6) is 0 Å². The monoisotopic (exact) mass is 411 g/mol. The molecule has 0 saturated heterocycles. The van der Waals surface area contributed by atoms with Crippen LogP contribution in [0.4, 0.5) is 0 Å². The van der Waals surface area contributed by atoms with Crippen molar-refractivity contribution >= 4 is 21.5 Å². The quantitative estimate of drug-likeness (QED) is 0.234. The molecule has 0 atom stereocenters. The predicted molar refractivity (Wildman–Crippen MR) is 135 cm³/mol. The molecule has 1 heteroatoms. The van der Waals surface area contributed by atoms with Crippen LogP contribution in [0.15, 0.2) is 48.5 Å². The molecule has 0 unspecified atom stereocenters. The Hall–Kier alpha value is -2.67. The fourth-order valence-electron chi connectivity index (χ4n) is 4.51. The summed E-state index contributed by atoms with van der Waals surface area (Å²) in [6, 6.07) is 16.5. The van der Waals surface area contributed by atoms with Gasteiger partial charge in [0.1, 0.15) is 7.05 Å². The van der Waals surface area contributed by atoms with Gasteiger partial charge in [0.15, 0.2) is 5.69 Å². The van der Waals surface area contributed by atoms with Gasteiger partial charge in [0.05, 0.1) is 12.3 Å². The molecular weight excluding hydrogens is 374 g/mol. The lowest BCUT2D eigenvalue weighted by molar-refractivity contribution is -0.665. The van der Waals surface area contributed by atoms with E-state index < -0.39 is 0 Å². The molecule has 31 heavy (non-hydrogen) atoms. The van der Waals surface area contributed by atoms with E-state index in [1.165, 1.54) is 44.3 Å². The summed E-state index contributed by atoms with van der Waals surface area (Å²) in [5.74, 6) is 0.456. The van der Waals surface area contributed by atoms with Crippen molar-refractivity contribution in [2.75, 3.05) is 0 Å². The second-order valence-electron chi connectivity index (χ2n) is 10.5. The van der Waals surface area contributed by atoms with Crippen molar-refractivity contribution in [2.24, 2.45) is 7.05 Å². The molecule has 0 N–H and O–H groups in total. The average molecular weight is 412 g/mol. The van der Waals surface area contributed by atoms with E-state index >= 15 is 0 Å². The van der Waals surface area contributed by atoms with Crippen LogP contribution in [0.3, 0.4) is 0 Å². The highest BCUT2D eigenvalue weighted by Crippen LogP contribution is 2.37. The molecular formula is C30H36N+. The van der Waals surface area contributed by atoms with Crippen LogP contribution in [0.2, 0.25) is 0 Å². The Morgan fingerprint density at radius 3 is 2.19 bits per heavy atom. The van der Waals surface area contributed by atoms with E-state index in [4.69, 9.17) is 1.37 Å². The molecule has 4 rings (SSSR count). The zero-order valence-corrected chi connectivity index (χ0v) is 20.6. The Balaban J connectivity index is 2.20. The van der Waals surface area contributed by atoms with Crippen molar-refractivity contribution in [3.05, 3.63) is 76.5 Å². The van der Waals surface area contributed by atoms with Crippen LogP contribution in [0.1, 0.15) is 69.9 Å². The molecule has 0 aliphatic rings. The van der Waals surface area contributed by atoms with Crippen molar-refractivity contribution in [1.29, 1.82) is 0 Å². The van der Waals surface area contributed by atoms with Gasteiger partial charge in [-0.15, -0.1) is 0 Å². The smallest absolute Gasteiger partial charge is 0.198 e. The normalized spacial score (nSPS) is 12.8. The zero-order chi connectivity index (χ0) is 23.5. The number of fused-ring (bicyclic) bond motifs is 3. The summed E-state index contributed by atoms with van der Waals surface area (Å²) in [4.78, 5) is 0. The number of hydrogen-bond donors (Lipinski definition) is 0. The van der Waals surface area contributed by atoms with Crippen LogP contribution in [0.25, 0.3) is 32.8 Å². The number of rotatable bonds is 2. The Morgan fingerprint density at radius 1 is 0.871 bits per heavy atom. The predicted octanol–water partition coefficient (Wildman–Crippen LogP) is 7.83. The Bertz CT molecular complexity index is 1370. The molecule has 0 aliphatic carbocycles. The topological polar surface area (TPSA) is 3.88 Å². The van der Waals surface area contributed by atoms with Gasteiger partial charge in [0.2, 0.25) is 5.69 Å². The first-order valence-electron chi connectivity index (χ1n) is 11.9. The van der Waals surface area contributed by atoms with Crippen LogP contribution in [-0.4, -0.2) is 0 Å². The van der Waals surface area contributed by atoms with Crippen molar-refractivity contribution < 1.29 is 5.94 Å². The number of hydrogen-bond acceptors (Lipinski definition) is 0. The van der Waals surface area contributed by atoms with Gasteiger partial charge < -0.3 is 0 Å². The molecule has 1 heterocycles. The Labute approximate surface area is 189 Å². The summed E-state index contributed by atoms with van der Waals surface area (Å²) in [7, 11) is 2.11. The van der Waals surface area contributed by atoms with Crippen LogP contribution in [0, 0.1) is 20.8 Å². The van der Waals surface area contributed by atoms with E-state index in [2.05, 4.69) is 109 Å². The molecule has 0 radical (unpaired) electrons. The van der Waals surface area contributed by atoms with Crippen molar-refractivity contribution in [3.8, 4) is 11.3 Å². The number of pyridine rings is 1.